The largest absolute Gasteiger partial charge is 0.360 e. The quantitative estimate of drug-likeness (QED) is 0.805. The van der Waals surface area contributed by atoms with Crippen LogP contribution in [0.1, 0.15) is 11.1 Å². The molecule has 0 spiro atoms. The van der Waals surface area contributed by atoms with Crippen LogP contribution in [-0.4, -0.2) is 15.4 Å². The lowest BCUT2D eigenvalue weighted by atomic mass is 9.96. The number of rotatable bonds is 1. The standard InChI is InChI=1S/C10H10Br2O2/c11-9(12)10(13)8-4-2-1-3-7(8)5-6-14-10/h1-4,9,13H,5-6H2. The van der Waals surface area contributed by atoms with E-state index in [-0.39, 0.29) is 3.74 Å². The number of hydrogen-bond acceptors (Lipinski definition) is 2. The van der Waals surface area contributed by atoms with Crippen LogP contribution in [0, 0.1) is 0 Å². The summed E-state index contributed by atoms with van der Waals surface area (Å²) in [7, 11) is 0. The van der Waals surface area contributed by atoms with E-state index in [1.807, 2.05) is 24.3 Å². The molecule has 0 fully saturated rings. The monoisotopic (exact) mass is 320 g/mol. The zero-order chi connectivity index (χ0) is 10.2. The molecule has 1 aromatic rings. The van der Waals surface area contributed by atoms with E-state index in [9.17, 15) is 5.11 Å². The summed E-state index contributed by atoms with van der Waals surface area (Å²) in [6.45, 7) is 0.543. The van der Waals surface area contributed by atoms with Gasteiger partial charge in [0.2, 0.25) is 5.79 Å². The maximum absolute atomic E-state index is 10.3. The van der Waals surface area contributed by atoms with Gasteiger partial charge in [0.1, 0.15) is 3.74 Å². The van der Waals surface area contributed by atoms with Gasteiger partial charge in [0.05, 0.1) is 6.61 Å². The Kier molecular flexibility index (Phi) is 2.98. The molecule has 2 nitrogen and oxygen atoms in total. The molecule has 2 rings (SSSR count). The van der Waals surface area contributed by atoms with E-state index in [2.05, 4.69) is 31.9 Å². The molecule has 0 saturated carbocycles. The van der Waals surface area contributed by atoms with E-state index < -0.39 is 5.79 Å². The molecular weight excluding hydrogens is 312 g/mol. The first-order valence-corrected chi connectivity index (χ1v) is 6.20. The van der Waals surface area contributed by atoms with E-state index in [0.29, 0.717) is 6.61 Å². The number of fused-ring (bicyclic) bond motifs is 1. The van der Waals surface area contributed by atoms with Crippen molar-refractivity contribution in [2.45, 2.75) is 15.9 Å². The Bertz CT molecular complexity index is 341. The third kappa shape index (κ3) is 1.65. The van der Waals surface area contributed by atoms with Crippen LogP contribution in [0.3, 0.4) is 0 Å². The summed E-state index contributed by atoms with van der Waals surface area (Å²) in [4.78, 5) is 0. The molecule has 76 valence electrons. The second-order valence-corrected chi connectivity index (χ2v) is 6.31. The van der Waals surface area contributed by atoms with Crippen molar-refractivity contribution in [3.8, 4) is 0 Å². The molecule has 1 N–H and O–H groups in total. The van der Waals surface area contributed by atoms with Crippen molar-refractivity contribution in [1.29, 1.82) is 0 Å². The Hall–Kier alpha value is 0.1000. The molecule has 1 aromatic carbocycles. The smallest absolute Gasteiger partial charge is 0.215 e. The minimum atomic E-state index is -1.26. The lowest BCUT2D eigenvalue weighted by Crippen LogP contribution is -2.40. The summed E-state index contributed by atoms with van der Waals surface area (Å²) in [6.07, 6.45) is 0.852. The predicted octanol–water partition coefficient (Wildman–Crippen LogP) is 2.52. The van der Waals surface area contributed by atoms with Crippen LogP contribution in [0.2, 0.25) is 0 Å². The fourth-order valence-corrected chi connectivity index (χ4v) is 2.42. The highest BCUT2D eigenvalue weighted by molar-refractivity contribution is 9.24. The molecule has 14 heavy (non-hydrogen) atoms. The van der Waals surface area contributed by atoms with Gasteiger partial charge in [-0.15, -0.1) is 0 Å². The molecule has 0 aliphatic carbocycles. The average Bonchev–Trinajstić information content (AvgIpc) is 2.18. The second kappa shape index (κ2) is 3.93. The first-order chi connectivity index (χ1) is 6.64. The summed E-state index contributed by atoms with van der Waals surface area (Å²) in [5, 5.41) is 10.3. The number of ether oxygens (including phenoxy) is 1. The van der Waals surface area contributed by atoms with E-state index in [4.69, 9.17) is 4.74 Å². The Morgan fingerprint density at radius 1 is 1.36 bits per heavy atom. The fourth-order valence-electron chi connectivity index (χ4n) is 1.66. The Morgan fingerprint density at radius 3 is 2.79 bits per heavy atom. The number of benzene rings is 1. The van der Waals surface area contributed by atoms with Gasteiger partial charge in [-0.25, -0.2) is 0 Å². The van der Waals surface area contributed by atoms with Crippen molar-refractivity contribution in [2.75, 3.05) is 6.61 Å². The van der Waals surface area contributed by atoms with Gasteiger partial charge in [-0.3, -0.25) is 0 Å². The fraction of sp³-hybridized carbons (Fsp3) is 0.400. The Labute approximate surface area is 99.5 Å². The molecule has 0 saturated heterocycles. The van der Waals surface area contributed by atoms with Crippen LogP contribution in [0.5, 0.6) is 0 Å². The Morgan fingerprint density at radius 2 is 2.07 bits per heavy atom. The van der Waals surface area contributed by atoms with Gasteiger partial charge in [-0.1, -0.05) is 56.1 Å². The summed E-state index contributed by atoms with van der Waals surface area (Å²) in [5.74, 6) is -1.26. The summed E-state index contributed by atoms with van der Waals surface area (Å²) in [5.41, 5.74) is 1.98. The average molecular weight is 322 g/mol. The van der Waals surface area contributed by atoms with Gasteiger partial charge >= 0.3 is 0 Å². The molecule has 1 aliphatic rings. The molecule has 0 radical (unpaired) electrons. The minimum Gasteiger partial charge on any atom is -0.360 e. The van der Waals surface area contributed by atoms with Crippen LogP contribution >= 0.6 is 31.9 Å². The molecule has 4 heteroatoms. The SMILES string of the molecule is OC1(C(Br)Br)OCCc2ccccc21. The van der Waals surface area contributed by atoms with Crippen molar-refractivity contribution in [3.63, 3.8) is 0 Å². The van der Waals surface area contributed by atoms with Crippen molar-refractivity contribution in [2.24, 2.45) is 0 Å². The highest BCUT2D eigenvalue weighted by atomic mass is 79.9. The van der Waals surface area contributed by atoms with Gasteiger partial charge in [0, 0.05) is 5.56 Å². The molecular formula is C10H10Br2O2. The van der Waals surface area contributed by atoms with Gasteiger partial charge < -0.3 is 9.84 Å². The molecule has 1 atom stereocenters. The highest BCUT2D eigenvalue weighted by Gasteiger charge is 2.40. The number of aliphatic hydroxyl groups is 1. The number of halogens is 2. The van der Waals surface area contributed by atoms with E-state index >= 15 is 0 Å². The summed E-state index contributed by atoms with van der Waals surface area (Å²) in [6, 6.07) is 7.79. The molecule has 0 amide bonds. The maximum Gasteiger partial charge on any atom is 0.215 e. The third-order valence-corrected chi connectivity index (χ3v) is 3.63. The summed E-state index contributed by atoms with van der Waals surface area (Å²) < 4.78 is 5.11. The van der Waals surface area contributed by atoms with Crippen LogP contribution in [0.15, 0.2) is 24.3 Å². The van der Waals surface area contributed by atoms with Crippen LogP contribution in [0.4, 0.5) is 0 Å². The number of alkyl halides is 2. The molecule has 1 aliphatic heterocycles. The maximum atomic E-state index is 10.3. The van der Waals surface area contributed by atoms with Crippen LogP contribution in [-0.2, 0) is 16.9 Å². The first kappa shape index (κ1) is 10.6. The highest BCUT2D eigenvalue weighted by Crippen LogP contribution is 2.39. The van der Waals surface area contributed by atoms with Gasteiger partial charge in [-0.2, -0.15) is 0 Å². The second-order valence-electron chi connectivity index (χ2n) is 3.25. The van der Waals surface area contributed by atoms with E-state index in [0.717, 1.165) is 17.5 Å². The summed E-state index contributed by atoms with van der Waals surface area (Å²) >= 11 is 6.61. The molecule has 1 heterocycles. The van der Waals surface area contributed by atoms with Crippen LogP contribution < -0.4 is 0 Å². The van der Waals surface area contributed by atoms with Crippen molar-refractivity contribution < 1.29 is 9.84 Å². The van der Waals surface area contributed by atoms with Gasteiger partial charge in [-0.05, 0) is 12.0 Å². The lowest BCUT2D eigenvalue weighted by Gasteiger charge is -2.35. The van der Waals surface area contributed by atoms with Crippen molar-refractivity contribution >= 4 is 31.9 Å². The zero-order valence-corrected chi connectivity index (χ0v) is 10.6. The minimum absolute atomic E-state index is 0.302. The number of hydrogen-bond donors (Lipinski definition) is 1. The topological polar surface area (TPSA) is 29.5 Å². The lowest BCUT2D eigenvalue weighted by molar-refractivity contribution is -0.205. The van der Waals surface area contributed by atoms with Gasteiger partial charge in [0.25, 0.3) is 0 Å². The predicted molar refractivity (Wildman–Crippen MR) is 61.6 cm³/mol. The first-order valence-electron chi connectivity index (χ1n) is 4.37. The molecule has 0 bridgehead atoms. The van der Waals surface area contributed by atoms with Gasteiger partial charge in [0.15, 0.2) is 0 Å². The molecule has 1 unspecified atom stereocenters. The third-order valence-electron chi connectivity index (χ3n) is 2.39. The van der Waals surface area contributed by atoms with E-state index in [1.54, 1.807) is 0 Å². The van der Waals surface area contributed by atoms with Crippen molar-refractivity contribution in [1.82, 2.24) is 0 Å². The van der Waals surface area contributed by atoms with E-state index in [1.165, 1.54) is 0 Å². The zero-order valence-electron chi connectivity index (χ0n) is 7.41. The van der Waals surface area contributed by atoms with Crippen LogP contribution in [0.25, 0.3) is 0 Å². The normalized spacial score (nSPS) is 26.3. The van der Waals surface area contributed by atoms with Crippen molar-refractivity contribution in [3.05, 3.63) is 35.4 Å². The molecule has 0 aromatic heterocycles. The Balaban J connectivity index is 2.50.